The van der Waals surface area contributed by atoms with Gasteiger partial charge in [0.05, 0.1) is 5.75 Å². The topological polar surface area (TPSA) is 68.0 Å². The second-order valence-corrected chi connectivity index (χ2v) is 7.31. The minimum absolute atomic E-state index is 0.102. The van der Waals surface area contributed by atoms with Gasteiger partial charge in [0.2, 0.25) is 0 Å². The van der Waals surface area contributed by atoms with Crippen LogP contribution < -0.4 is 5.32 Å². The maximum Gasteiger partial charge on any atom is 0.270 e. The van der Waals surface area contributed by atoms with E-state index in [-0.39, 0.29) is 11.9 Å². The lowest BCUT2D eigenvalue weighted by atomic mass is 10.2. The molecular formula is C16H17N3O2S2. The van der Waals surface area contributed by atoms with Crippen molar-refractivity contribution >= 4 is 40.1 Å². The van der Waals surface area contributed by atoms with Crippen molar-refractivity contribution < 1.29 is 9.21 Å². The molecule has 0 spiro atoms. The van der Waals surface area contributed by atoms with E-state index in [2.05, 4.69) is 15.3 Å². The molecule has 120 valence electrons. The number of para-hydroxylation sites is 1. The quantitative estimate of drug-likeness (QED) is 0.706. The molecule has 0 saturated heterocycles. The Kier molecular flexibility index (Phi) is 4.68. The van der Waals surface area contributed by atoms with Gasteiger partial charge in [-0.3, -0.25) is 4.79 Å². The van der Waals surface area contributed by atoms with Crippen molar-refractivity contribution in [2.45, 2.75) is 37.8 Å². The molecule has 0 saturated carbocycles. The lowest BCUT2D eigenvalue weighted by Gasteiger charge is -2.05. The van der Waals surface area contributed by atoms with Gasteiger partial charge in [0.15, 0.2) is 5.58 Å². The third-order valence-corrected chi connectivity index (χ3v) is 5.00. The van der Waals surface area contributed by atoms with Crippen molar-refractivity contribution in [1.29, 1.82) is 0 Å². The number of thioether (sulfide) groups is 1. The fraction of sp³-hybridized carbons (Fsp3) is 0.312. The number of hydrogen-bond acceptors (Lipinski definition) is 6. The highest BCUT2D eigenvalue weighted by Crippen LogP contribution is 2.28. The van der Waals surface area contributed by atoms with Gasteiger partial charge in [-0.1, -0.05) is 23.9 Å². The van der Waals surface area contributed by atoms with E-state index in [1.54, 1.807) is 5.38 Å². The van der Waals surface area contributed by atoms with Gasteiger partial charge in [-0.25, -0.2) is 9.97 Å². The van der Waals surface area contributed by atoms with Crippen LogP contribution in [0.15, 0.2) is 33.2 Å². The van der Waals surface area contributed by atoms with Crippen LogP contribution in [0.4, 0.5) is 0 Å². The number of thiazole rings is 1. The average Bonchev–Trinajstić information content (AvgIpc) is 3.11. The fourth-order valence-electron chi connectivity index (χ4n) is 2.07. The molecule has 3 rings (SSSR count). The van der Waals surface area contributed by atoms with Gasteiger partial charge in [0.1, 0.15) is 16.2 Å². The first kappa shape index (κ1) is 16.0. The Labute approximate surface area is 142 Å². The summed E-state index contributed by atoms with van der Waals surface area (Å²) in [5.74, 6) is 0.496. The maximum absolute atomic E-state index is 11.9. The molecule has 1 amide bonds. The maximum atomic E-state index is 11.9. The summed E-state index contributed by atoms with van der Waals surface area (Å²) < 4.78 is 5.73. The van der Waals surface area contributed by atoms with Crippen LogP contribution in [0.1, 0.15) is 34.9 Å². The molecule has 0 bridgehead atoms. The number of aromatic nitrogens is 2. The number of oxazole rings is 1. The SMILES string of the molecule is Cc1cccc2oc(SCc3nc(C(=O)NC(C)C)cs3)nc12. The predicted octanol–water partition coefficient (Wildman–Crippen LogP) is 4.02. The lowest BCUT2D eigenvalue weighted by molar-refractivity contribution is 0.0938. The van der Waals surface area contributed by atoms with E-state index in [4.69, 9.17) is 4.42 Å². The molecule has 0 fully saturated rings. The van der Waals surface area contributed by atoms with Gasteiger partial charge in [-0.2, -0.15) is 0 Å². The molecule has 5 nitrogen and oxygen atoms in total. The van der Waals surface area contributed by atoms with Gasteiger partial charge in [0, 0.05) is 11.4 Å². The Balaban J connectivity index is 1.67. The van der Waals surface area contributed by atoms with Crippen LogP contribution in [0.5, 0.6) is 0 Å². The molecule has 0 aliphatic carbocycles. The van der Waals surface area contributed by atoms with E-state index >= 15 is 0 Å². The molecule has 23 heavy (non-hydrogen) atoms. The third-order valence-electron chi connectivity index (χ3n) is 3.12. The number of nitrogens with zero attached hydrogens (tertiary/aromatic N) is 2. The molecule has 0 unspecified atom stereocenters. The van der Waals surface area contributed by atoms with Crippen LogP contribution >= 0.6 is 23.1 Å². The number of aryl methyl sites for hydroxylation is 1. The van der Waals surface area contributed by atoms with Crippen LogP contribution in [0, 0.1) is 6.92 Å². The zero-order valence-corrected chi connectivity index (χ0v) is 14.8. The molecule has 7 heteroatoms. The number of amides is 1. The van der Waals surface area contributed by atoms with Gasteiger partial charge in [-0.05, 0) is 32.4 Å². The second-order valence-electron chi connectivity index (χ2n) is 5.44. The van der Waals surface area contributed by atoms with Crippen LogP contribution in [0.25, 0.3) is 11.1 Å². The number of benzene rings is 1. The molecule has 2 heterocycles. The van der Waals surface area contributed by atoms with Gasteiger partial charge in [-0.15, -0.1) is 11.3 Å². The van der Waals surface area contributed by atoms with Gasteiger partial charge < -0.3 is 9.73 Å². The molecule has 0 atom stereocenters. The average molecular weight is 347 g/mol. The Morgan fingerprint density at radius 3 is 2.96 bits per heavy atom. The fourth-order valence-corrected chi connectivity index (χ4v) is 3.69. The molecule has 2 aromatic heterocycles. The van der Waals surface area contributed by atoms with Crippen molar-refractivity contribution in [3.8, 4) is 0 Å². The van der Waals surface area contributed by atoms with E-state index in [1.165, 1.54) is 23.1 Å². The van der Waals surface area contributed by atoms with Crippen LogP contribution in [0.3, 0.4) is 0 Å². The molecule has 1 aromatic carbocycles. The van der Waals surface area contributed by atoms with E-state index in [9.17, 15) is 4.79 Å². The highest BCUT2D eigenvalue weighted by molar-refractivity contribution is 7.98. The number of hydrogen-bond donors (Lipinski definition) is 1. The minimum Gasteiger partial charge on any atom is -0.431 e. The molecular weight excluding hydrogens is 330 g/mol. The van der Waals surface area contributed by atoms with Crippen molar-refractivity contribution in [2.24, 2.45) is 0 Å². The number of nitrogens with one attached hydrogen (secondary N) is 1. The second kappa shape index (κ2) is 6.72. The van der Waals surface area contributed by atoms with Crippen molar-refractivity contribution in [3.63, 3.8) is 0 Å². The summed E-state index contributed by atoms with van der Waals surface area (Å²) in [4.78, 5) is 20.8. The zero-order valence-electron chi connectivity index (χ0n) is 13.1. The predicted molar refractivity (Wildman–Crippen MR) is 93.0 cm³/mol. The van der Waals surface area contributed by atoms with Gasteiger partial charge >= 0.3 is 0 Å². The first-order valence-corrected chi connectivity index (χ1v) is 9.13. The molecule has 0 aliphatic rings. The van der Waals surface area contributed by atoms with Crippen molar-refractivity contribution in [2.75, 3.05) is 0 Å². The summed E-state index contributed by atoms with van der Waals surface area (Å²) in [5, 5.41) is 6.12. The number of rotatable bonds is 5. The van der Waals surface area contributed by atoms with Crippen molar-refractivity contribution in [3.05, 3.63) is 39.8 Å². The monoisotopic (exact) mass is 347 g/mol. The highest BCUT2D eigenvalue weighted by atomic mass is 32.2. The first-order chi connectivity index (χ1) is 11.0. The third kappa shape index (κ3) is 3.73. The van der Waals surface area contributed by atoms with E-state index < -0.39 is 0 Å². The van der Waals surface area contributed by atoms with Crippen LogP contribution in [0.2, 0.25) is 0 Å². The van der Waals surface area contributed by atoms with E-state index in [0.717, 1.165) is 21.7 Å². The first-order valence-electron chi connectivity index (χ1n) is 7.27. The van der Waals surface area contributed by atoms with Crippen molar-refractivity contribution in [1.82, 2.24) is 15.3 Å². The van der Waals surface area contributed by atoms with Crippen LogP contribution in [-0.2, 0) is 5.75 Å². The van der Waals surface area contributed by atoms with E-state index in [1.807, 2.05) is 39.0 Å². The Hall–Kier alpha value is -1.86. The Bertz CT molecular complexity index is 839. The summed E-state index contributed by atoms with van der Waals surface area (Å²) in [6.07, 6.45) is 0. The lowest BCUT2D eigenvalue weighted by Crippen LogP contribution is -2.30. The summed E-state index contributed by atoms with van der Waals surface area (Å²) >= 11 is 2.96. The largest absolute Gasteiger partial charge is 0.431 e. The Morgan fingerprint density at radius 1 is 1.39 bits per heavy atom. The highest BCUT2D eigenvalue weighted by Gasteiger charge is 2.13. The van der Waals surface area contributed by atoms with Crippen LogP contribution in [-0.4, -0.2) is 21.9 Å². The minimum atomic E-state index is -0.134. The standard InChI is InChI=1S/C16H17N3O2S2/c1-9(2)17-15(20)11-7-22-13(18-11)8-23-16-19-14-10(3)5-4-6-12(14)21-16/h4-7,9H,8H2,1-3H3,(H,17,20). The number of carbonyl (C=O) groups is 1. The molecule has 1 N–H and O–H groups in total. The molecule has 3 aromatic rings. The normalized spacial score (nSPS) is 11.3. The molecule has 0 radical (unpaired) electrons. The van der Waals surface area contributed by atoms with E-state index in [0.29, 0.717) is 16.7 Å². The van der Waals surface area contributed by atoms with Gasteiger partial charge in [0.25, 0.3) is 11.1 Å². The zero-order chi connectivity index (χ0) is 16.4. The number of fused-ring (bicyclic) bond motifs is 1. The smallest absolute Gasteiger partial charge is 0.270 e. The Morgan fingerprint density at radius 2 is 2.22 bits per heavy atom. The number of carbonyl (C=O) groups excluding carboxylic acids is 1. The summed E-state index contributed by atoms with van der Waals surface area (Å²) in [6, 6.07) is 5.99. The summed E-state index contributed by atoms with van der Waals surface area (Å²) in [5.41, 5.74) is 3.25. The summed E-state index contributed by atoms with van der Waals surface area (Å²) in [7, 11) is 0. The molecule has 0 aliphatic heterocycles. The summed E-state index contributed by atoms with van der Waals surface area (Å²) in [6.45, 7) is 5.87.